The predicted molar refractivity (Wildman–Crippen MR) is 115 cm³/mol. The summed E-state index contributed by atoms with van der Waals surface area (Å²) in [6.45, 7) is 0. The van der Waals surface area contributed by atoms with Crippen LogP contribution in [0.15, 0.2) is 91.0 Å². The number of pyridine rings is 2. The molecule has 0 aliphatic heterocycles. The zero-order valence-corrected chi connectivity index (χ0v) is 19.3. The fourth-order valence-corrected chi connectivity index (χ4v) is 4.93. The van der Waals surface area contributed by atoms with Crippen molar-refractivity contribution in [2.45, 2.75) is 0 Å². The van der Waals surface area contributed by atoms with Crippen molar-refractivity contribution < 1.29 is 15.2 Å². The van der Waals surface area contributed by atoms with E-state index < -0.39 is 22.7 Å². The van der Waals surface area contributed by atoms with E-state index in [9.17, 15) is 0 Å². The van der Waals surface area contributed by atoms with E-state index in [-0.39, 0.29) is 0 Å². The number of hydrogen-bond acceptors (Lipinski definition) is 2. The van der Waals surface area contributed by atoms with Gasteiger partial charge in [-0.3, -0.25) is 9.97 Å². The van der Waals surface area contributed by atoms with Crippen LogP contribution in [0.4, 0.5) is 0 Å². The molecule has 142 valence electrons. The number of hydrogen-bond donors (Lipinski definition) is 0. The van der Waals surface area contributed by atoms with Crippen LogP contribution in [-0.2, 0) is 15.2 Å². The maximum Gasteiger partial charge on any atom is 0.0751 e. The minimum absolute atomic E-state index is 0.546. The van der Waals surface area contributed by atoms with Crippen LogP contribution < -0.4 is 0 Å². The quantitative estimate of drug-likeness (QED) is 0.219. The van der Waals surface area contributed by atoms with Crippen LogP contribution in [0, 0.1) is 0 Å². The van der Waals surface area contributed by atoms with Gasteiger partial charge in [0.25, 0.3) is 0 Å². The third-order valence-electron chi connectivity index (χ3n) is 3.77. The first-order chi connectivity index (χ1) is 13.2. The minimum Gasteiger partial charge on any atom is -0.256 e. The summed E-state index contributed by atoms with van der Waals surface area (Å²) in [5, 5.41) is 2.62. The third kappa shape index (κ3) is 5.70. The number of benzene rings is 1. The Kier molecular flexibility index (Phi) is 7.99. The van der Waals surface area contributed by atoms with Crippen LogP contribution in [0.2, 0.25) is 0 Å². The minimum atomic E-state index is -1.79. The van der Waals surface area contributed by atoms with E-state index in [0.29, 0.717) is 0 Å². The Balaban J connectivity index is 0.000000481. The summed E-state index contributed by atoms with van der Waals surface area (Å²) < 4.78 is 0. The van der Waals surface area contributed by atoms with Gasteiger partial charge in [-0.05, 0) is 41.4 Å². The molecule has 0 N–H and O–H groups in total. The summed E-state index contributed by atoms with van der Waals surface area (Å²) in [6, 6.07) is 25.0. The molecule has 0 aliphatic carbocycles. The van der Waals surface area contributed by atoms with Crippen molar-refractivity contribution in [2.24, 2.45) is 0 Å². The van der Waals surface area contributed by atoms with Crippen molar-refractivity contribution in [3.63, 3.8) is 0 Å². The van der Waals surface area contributed by atoms with Crippen molar-refractivity contribution in [2.75, 3.05) is 0 Å². The average Bonchev–Trinajstić information content (AvgIpc) is 3.15. The molecule has 0 fully saturated rings. The Hall–Kier alpha value is -1.09. The maximum atomic E-state index is 4.95. The molecule has 27 heavy (non-hydrogen) atoms. The predicted octanol–water partition coefficient (Wildman–Crippen LogP) is 7.85. The molecule has 2 nitrogen and oxygen atoms in total. The van der Waals surface area contributed by atoms with Crippen molar-refractivity contribution in [3.05, 3.63) is 91.0 Å². The van der Waals surface area contributed by atoms with Gasteiger partial charge in [-0.25, -0.2) is 0 Å². The normalized spacial score (nSPS) is 11.4. The first-order valence-electron chi connectivity index (χ1n) is 7.87. The van der Waals surface area contributed by atoms with Gasteiger partial charge in [-0.15, -0.1) is 0 Å². The molecule has 3 heterocycles. The third-order valence-corrected chi connectivity index (χ3v) is 6.02. The Bertz CT molecular complexity index is 905. The molecule has 0 spiro atoms. The van der Waals surface area contributed by atoms with E-state index in [4.69, 9.17) is 27.6 Å². The van der Waals surface area contributed by atoms with Crippen molar-refractivity contribution >= 4 is 35.1 Å². The zero-order chi connectivity index (χ0) is 19.1. The smallest absolute Gasteiger partial charge is 0.0751 e. The van der Waals surface area contributed by atoms with E-state index in [1.165, 1.54) is 16.2 Å². The van der Waals surface area contributed by atoms with Crippen molar-refractivity contribution in [1.82, 2.24) is 9.97 Å². The number of aromatic nitrogens is 2. The standard InChI is InChI=1S/C20H15N2P.Au.3ClH/c1-2-8-16(9-3-1)23-15-12-17(18-10-4-6-13-21-18)20(23)19-11-5-7-14-22-19;;;;/h1-15H;;3*1H/q;+3;;;/p-3. The van der Waals surface area contributed by atoms with Crippen LogP contribution in [0.25, 0.3) is 27.6 Å². The average molecular weight is 618 g/mol. The fourth-order valence-electron chi connectivity index (χ4n) is 2.73. The van der Waals surface area contributed by atoms with Crippen LogP contribution in [-0.4, -0.2) is 9.97 Å². The van der Waals surface area contributed by atoms with Crippen molar-refractivity contribution in [1.29, 1.82) is 0 Å². The summed E-state index contributed by atoms with van der Waals surface area (Å²) in [5.74, 6) is 2.30. The molecule has 0 saturated heterocycles. The maximum absolute atomic E-state index is 4.95. The molecule has 1 unspecified atom stereocenters. The van der Waals surface area contributed by atoms with Gasteiger partial charge in [0.2, 0.25) is 0 Å². The Morgan fingerprint density at radius 1 is 0.667 bits per heavy atom. The monoisotopic (exact) mass is 616 g/mol. The molecule has 7 heteroatoms. The molecule has 0 bridgehead atoms. The van der Waals surface area contributed by atoms with Gasteiger partial charge in [0.1, 0.15) is 0 Å². The molecule has 0 radical (unpaired) electrons. The molecule has 4 rings (SSSR count). The van der Waals surface area contributed by atoms with Crippen LogP contribution in [0.3, 0.4) is 0 Å². The second-order valence-electron chi connectivity index (χ2n) is 5.34. The van der Waals surface area contributed by atoms with Crippen LogP contribution in [0.1, 0.15) is 0 Å². The Morgan fingerprint density at radius 3 is 1.78 bits per heavy atom. The van der Waals surface area contributed by atoms with Crippen LogP contribution >= 0.6 is 35.1 Å². The van der Waals surface area contributed by atoms with Crippen molar-refractivity contribution in [3.8, 4) is 27.6 Å². The van der Waals surface area contributed by atoms with Crippen LogP contribution in [0.5, 0.6) is 0 Å². The van der Waals surface area contributed by atoms with Gasteiger partial charge in [0.15, 0.2) is 0 Å². The summed E-state index contributed by atoms with van der Waals surface area (Å²) >= 11 is -1.79. The number of nitrogens with zero attached hydrogens (tertiary/aromatic N) is 2. The Morgan fingerprint density at radius 2 is 1.22 bits per heavy atom. The molecule has 0 saturated carbocycles. The van der Waals surface area contributed by atoms with E-state index >= 15 is 0 Å². The van der Waals surface area contributed by atoms with Gasteiger partial charge in [-0.2, -0.15) is 0 Å². The summed E-state index contributed by atoms with van der Waals surface area (Å²) in [5.41, 5.74) is 3.22. The van der Waals surface area contributed by atoms with E-state index in [1.807, 2.05) is 36.7 Å². The molecule has 0 aliphatic rings. The Labute approximate surface area is 177 Å². The summed E-state index contributed by atoms with van der Waals surface area (Å²) in [6.07, 6.45) is 3.70. The van der Waals surface area contributed by atoms with E-state index in [1.54, 1.807) is 0 Å². The largest absolute Gasteiger partial charge is 0.256 e. The molecule has 1 atom stereocenters. The first-order valence-corrected chi connectivity index (χ1v) is 17.3. The summed E-state index contributed by atoms with van der Waals surface area (Å²) in [7, 11) is 14.3. The summed E-state index contributed by atoms with van der Waals surface area (Å²) in [4.78, 5) is 9.14. The van der Waals surface area contributed by atoms with Gasteiger partial charge in [0, 0.05) is 23.3 Å². The van der Waals surface area contributed by atoms with E-state index in [2.05, 4.69) is 64.3 Å². The van der Waals surface area contributed by atoms with Gasteiger partial charge in [-0.1, -0.05) is 50.0 Å². The second-order valence-corrected chi connectivity index (χ2v) is 16.7. The van der Waals surface area contributed by atoms with Gasteiger partial charge < -0.3 is 0 Å². The van der Waals surface area contributed by atoms with Gasteiger partial charge in [0.05, 0.1) is 11.4 Å². The molecule has 3 aromatic heterocycles. The fraction of sp³-hybridized carbons (Fsp3) is 0. The SMILES string of the molecule is [Cl][Au]([Cl])[Cl].c1ccc(-p2ccc(-c3ccccn3)c2-c2ccccn2)cc1. The molecular weight excluding hydrogens is 603 g/mol. The zero-order valence-electron chi connectivity index (χ0n) is 13.9. The molecule has 1 aromatic carbocycles. The number of rotatable bonds is 3. The van der Waals surface area contributed by atoms with Gasteiger partial charge >= 0.3 is 42.8 Å². The first kappa shape index (κ1) is 20.6. The topological polar surface area (TPSA) is 25.8 Å². The number of halogens is 3. The molecule has 0 amide bonds. The molecular formula is C20H15AuCl3N2P. The molecule has 4 aromatic rings. The second kappa shape index (κ2) is 10.5. The van der Waals surface area contributed by atoms with E-state index in [0.717, 1.165) is 11.4 Å².